The van der Waals surface area contributed by atoms with Gasteiger partial charge in [0.15, 0.2) is 0 Å². The molecule has 1 aliphatic heterocycles. The Hall–Kier alpha value is -2.56. The van der Waals surface area contributed by atoms with Crippen molar-refractivity contribution in [2.45, 2.75) is 12.8 Å². The highest BCUT2D eigenvalue weighted by Gasteiger charge is 2.28. The van der Waals surface area contributed by atoms with Gasteiger partial charge in [-0.15, -0.1) is 0 Å². The Morgan fingerprint density at radius 2 is 1.66 bits per heavy atom. The average Bonchev–Trinajstić information content (AvgIpc) is 2.75. The molecule has 4 rings (SSSR count). The molecule has 29 heavy (non-hydrogen) atoms. The summed E-state index contributed by atoms with van der Waals surface area (Å²) in [4.78, 5) is 27.5. The first-order chi connectivity index (χ1) is 14.0. The van der Waals surface area contributed by atoms with E-state index in [1.165, 1.54) is 0 Å². The predicted octanol–water partition coefficient (Wildman–Crippen LogP) is 5.64. The fraction of sp³-hybridized carbons (Fsp3) is 0.217. The van der Waals surface area contributed by atoms with Gasteiger partial charge < -0.3 is 10.2 Å². The molecule has 0 saturated carbocycles. The van der Waals surface area contributed by atoms with Crippen LogP contribution in [0.5, 0.6) is 0 Å². The maximum Gasteiger partial charge on any atom is 0.254 e. The standard InChI is InChI=1S/C23H20Cl2N2O2/c24-17-8-9-20(25)21(14-17)26-22(28)16-10-12-27(13-11-16)23(29)19-7-3-5-15-4-1-2-6-18(15)19/h1-9,14,16H,10-13H2,(H,26,28). The molecule has 2 amide bonds. The monoisotopic (exact) mass is 426 g/mol. The van der Waals surface area contributed by atoms with Crippen molar-refractivity contribution in [2.75, 3.05) is 18.4 Å². The van der Waals surface area contributed by atoms with E-state index in [2.05, 4.69) is 5.32 Å². The van der Waals surface area contributed by atoms with Crippen molar-refractivity contribution in [3.8, 4) is 0 Å². The third-order valence-corrected chi connectivity index (χ3v) is 5.92. The average molecular weight is 427 g/mol. The highest BCUT2D eigenvalue weighted by molar-refractivity contribution is 6.35. The number of hydrogen-bond acceptors (Lipinski definition) is 2. The van der Waals surface area contributed by atoms with Crippen LogP contribution in [0, 0.1) is 5.92 Å². The first-order valence-electron chi connectivity index (χ1n) is 9.56. The smallest absolute Gasteiger partial charge is 0.254 e. The Morgan fingerprint density at radius 3 is 2.45 bits per heavy atom. The van der Waals surface area contributed by atoms with E-state index in [1.54, 1.807) is 18.2 Å². The second-order valence-corrected chi connectivity index (χ2v) is 8.05. The number of amides is 2. The summed E-state index contributed by atoms with van der Waals surface area (Å²) in [5, 5.41) is 5.83. The zero-order valence-electron chi connectivity index (χ0n) is 15.7. The van der Waals surface area contributed by atoms with E-state index >= 15 is 0 Å². The van der Waals surface area contributed by atoms with Gasteiger partial charge in [-0.1, -0.05) is 59.6 Å². The SMILES string of the molecule is O=C(Nc1cc(Cl)ccc1Cl)C1CCN(C(=O)c2cccc3ccccc23)CC1. The molecule has 148 valence electrons. The van der Waals surface area contributed by atoms with Crippen LogP contribution < -0.4 is 5.32 Å². The first kappa shape index (κ1) is 19.7. The molecule has 0 unspecified atom stereocenters. The summed E-state index contributed by atoms with van der Waals surface area (Å²) in [5.41, 5.74) is 1.22. The Kier molecular flexibility index (Phi) is 5.74. The van der Waals surface area contributed by atoms with Crippen molar-refractivity contribution in [1.82, 2.24) is 4.90 Å². The van der Waals surface area contributed by atoms with Crippen molar-refractivity contribution in [2.24, 2.45) is 5.92 Å². The van der Waals surface area contributed by atoms with E-state index in [-0.39, 0.29) is 17.7 Å². The molecule has 3 aromatic rings. The Morgan fingerprint density at radius 1 is 0.931 bits per heavy atom. The van der Waals surface area contributed by atoms with Crippen molar-refractivity contribution in [3.63, 3.8) is 0 Å². The quantitative estimate of drug-likeness (QED) is 0.588. The molecule has 0 atom stereocenters. The number of halogens is 2. The second-order valence-electron chi connectivity index (χ2n) is 7.21. The molecule has 1 aliphatic rings. The molecule has 0 bridgehead atoms. The van der Waals surface area contributed by atoms with Crippen molar-refractivity contribution in [1.29, 1.82) is 0 Å². The Bertz CT molecular complexity index is 1070. The van der Waals surface area contributed by atoms with Gasteiger partial charge in [-0.2, -0.15) is 0 Å². The van der Waals surface area contributed by atoms with Crippen LogP contribution in [-0.4, -0.2) is 29.8 Å². The van der Waals surface area contributed by atoms with Gasteiger partial charge in [0.2, 0.25) is 5.91 Å². The molecule has 1 heterocycles. The highest BCUT2D eigenvalue weighted by Crippen LogP contribution is 2.28. The van der Waals surface area contributed by atoms with Crippen molar-refractivity contribution < 1.29 is 9.59 Å². The number of piperidine rings is 1. The van der Waals surface area contributed by atoms with Gasteiger partial charge in [-0.25, -0.2) is 0 Å². The van der Waals surface area contributed by atoms with Gasteiger partial charge in [0.1, 0.15) is 0 Å². The third kappa shape index (κ3) is 4.24. The van der Waals surface area contributed by atoms with Gasteiger partial charge >= 0.3 is 0 Å². The van der Waals surface area contributed by atoms with Crippen LogP contribution in [-0.2, 0) is 4.79 Å². The number of carbonyl (C=O) groups excluding carboxylic acids is 2. The molecule has 3 aromatic carbocycles. The number of hydrogen-bond donors (Lipinski definition) is 1. The highest BCUT2D eigenvalue weighted by atomic mass is 35.5. The van der Waals surface area contributed by atoms with Crippen LogP contribution in [0.3, 0.4) is 0 Å². The van der Waals surface area contributed by atoms with Crippen LogP contribution in [0.15, 0.2) is 60.7 Å². The number of rotatable bonds is 3. The van der Waals surface area contributed by atoms with Crippen LogP contribution in [0.1, 0.15) is 23.2 Å². The van der Waals surface area contributed by atoms with E-state index < -0.39 is 0 Å². The maximum atomic E-state index is 13.1. The summed E-state index contributed by atoms with van der Waals surface area (Å²) in [6, 6.07) is 18.6. The van der Waals surface area contributed by atoms with Gasteiger partial charge in [0, 0.05) is 29.6 Å². The topological polar surface area (TPSA) is 49.4 Å². The maximum absolute atomic E-state index is 13.1. The normalized spacial score (nSPS) is 14.8. The minimum Gasteiger partial charge on any atom is -0.339 e. The lowest BCUT2D eigenvalue weighted by molar-refractivity contribution is -0.121. The zero-order valence-corrected chi connectivity index (χ0v) is 17.2. The third-order valence-electron chi connectivity index (χ3n) is 5.36. The lowest BCUT2D eigenvalue weighted by atomic mass is 9.94. The van der Waals surface area contributed by atoms with E-state index in [1.807, 2.05) is 47.4 Å². The number of anilines is 1. The minimum atomic E-state index is -0.165. The van der Waals surface area contributed by atoms with Gasteiger partial charge in [0.25, 0.3) is 5.91 Å². The molecule has 1 saturated heterocycles. The summed E-state index contributed by atoms with van der Waals surface area (Å²) < 4.78 is 0. The van der Waals surface area contributed by atoms with Crippen LogP contribution >= 0.6 is 23.2 Å². The molecular weight excluding hydrogens is 407 g/mol. The molecule has 0 aromatic heterocycles. The summed E-state index contributed by atoms with van der Waals surface area (Å²) in [6.07, 6.45) is 1.22. The molecule has 4 nitrogen and oxygen atoms in total. The van der Waals surface area contributed by atoms with E-state index in [4.69, 9.17) is 23.2 Å². The second kappa shape index (κ2) is 8.44. The first-order valence-corrected chi connectivity index (χ1v) is 10.3. The lowest BCUT2D eigenvalue weighted by Gasteiger charge is -2.31. The van der Waals surface area contributed by atoms with Gasteiger partial charge in [-0.05, 0) is 47.9 Å². The molecule has 1 fully saturated rings. The summed E-state index contributed by atoms with van der Waals surface area (Å²) >= 11 is 12.1. The number of fused-ring (bicyclic) bond motifs is 1. The van der Waals surface area contributed by atoms with E-state index in [9.17, 15) is 9.59 Å². The summed E-state index contributed by atoms with van der Waals surface area (Å²) in [7, 11) is 0. The molecular formula is C23H20Cl2N2O2. The van der Waals surface area contributed by atoms with Crippen LogP contribution in [0.2, 0.25) is 10.0 Å². The molecule has 1 N–H and O–H groups in total. The molecule has 0 spiro atoms. The fourth-order valence-corrected chi connectivity index (χ4v) is 4.09. The number of benzene rings is 3. The van der Waals surface area contributed by atoms with Crippen LogP contribution in [0.25, 0.3) is 10.8 Å². The Labute approximate surface area is 179 Å². The zero-order chi connectivity index (χ0) is 20.4. The Balaban J connectivity index is 1.42. The number of carbonyl (C=O) groups is 2. The number of nitrogens with zero attached hydrogens (tertiary/aromatic N) is 1. The summed E-state index contributed by atoms with van der Waals surface area (Å²) in [6.45, 7) is 1.09. The molecule has 0 aliphatic carbocycles. The van der Waals surface area contributed by atoms with E-state index in [0.29, 0.717) is 47.2 Å². The summed E-state index contributed by atoms with van der Waals surface area (Å²) in [5.74, 6) is -0.244. The number of likely N-dealkylation sites (tertiary alicyclic amines) is 1. The van der Waals surface area contributed by atoms with E-state index in [0.717, 1.165) is 10.8 Å². The predicted molar refractivity (Wildman–Crippen MR) is 118 cm³/mol. The molecule has 0 radical (unpaired) electrons. The van der Waals surface area contributed by atoms with Gasteiger partial charge in [0.05, 0.1) is 10.7 Å². The van der Waals surface area contributed by atoms with Gasteiger partial charge in [-0.3, -0.25) is 9.59 Å². The largest absolute Gasteiger partial charge is 0.339 e. The van der Waals surface area contributed by atoms with Crippen molar-refractivity contribution >= 4 is 51.5 Å². The van der Waals surface area contributed by atoms with Crippen LogP contribution in [0.4, 0.5) is 5.69 Å². The lowest BCUT2D eigenvalue weighted by Crippen LogP contribution is -2.41. The fourth-order valence-electron chi connectivity index (χ4n) is 3.76. The minimum absolute atomic E-state index is 0.0125. The number of nitrogens with one attached hydrogen (secondary N) is 1. The molecule has 6 heteroatoms. The van der Waals surface area contributed by atoms with Crippen molar-refractivity contribution in [3.05, 3.63) is 76.3 Å².